The zero-order valence-electron chi connectivity index (χ0n) is 17.9. The highest BCUT2D eigenvalue weighted by Crippen LogP contribution is 2.20. The zero-order valence-corrected chi connectivity index (χ0v) is 18.7. The standard InChI is InChI=1S/C22H35N3O3S/c1-19(2)20-8-10-21(11-9-20)29(27,28)25-16-14-23(15-17-25)18-22(26)24-12-6-4-3-5-7-13-24/h8-11,19H,3-7,12-18H2,1-2H3/p+1. The molecule has 2 aliphatic rings. The minimum absolute atomic E-state index is 0.225. The highest BCUT2D eigenvalue weighted by molar-refractivity contribution is 7.89. The molecule has 1 amide bonds. The van der Waals surface area contributed by atoms with Crippen LogP contribution in [0.2, 0.25) is 0 Å². The Hall–Kier alpha value is -1.44. The van der Waals surface area contributed by atoms with Crippen molar-refractivity contribution in [1.82, 2.24) is 9.21 Å². The summed E-state index contributed by atoms with van der Waals surface area (Å²) < 4.78 is 27.5. The van der Waals surface area contributed by atoms with E-state index in [4.69, 9.17) is 0 Å². The van der Waals surface area contributed by atoms with E-state index >= 15 is 0 Å². The number of carbonyl (C=O) groups excluding carboxylic acids is 1. The van der Waals surface area contributed by atoms with Crippen LogP contribution in [0, 0.1) is 0 Å². The Morgan fingerprint density at radius 1 is 0.931 bits per heavy atom. The molecule has 2 saturated heterocycles. The number of piperazine rings is 1. The van der Waals surface area contributed by atoms with Gasteiger partial charge in [0.15, 0.2) is 6.54 Å². The van der Waals surface area contributed by atoms with Crippen molar-refractivity contribution in [2.75, 3.05) is 45.8 Å². The molecule has 2 fully saturated rings. The number of nitrogens with one attached hydrogen (secondary N) is 1. The summed E-state index contributed by atoms with van der Waals surface area (Å²) in [6.45, 7) is 8.73. The maximum atomic E-state index is 13.0. The third-order valence-electron chi connectivity index (χ3n) is 6.22. The van der Waals surface area contributed by atoms with E-state index < -0.39 is 10.0 Å². The van der Waals surface area contributed by atoms with Crippen molar-refractivity contribution in [2.24, 2.45) is 0 Å². The van der Waals surface area contributed by atoms with Gasteiger partial charge in [0.2, 0.25) is 10.0 Å². The molecule has 2 heterocycles. The Labute approximate surface area is 175 Å². The van der Waals surface area contributed by atoms with Crippen LogP contribution in [0.15, 0.2) is 29.2 Å². The van der Waals surface area contributed by atoms with Gasteiger partial charge in [0.05, 0.1) is 31.1 Å². The van der Waals surface area contributed by atoms with E-state index in [9.17, 15) is 13.2 Å². The number of nitrogens with zero attached hydrogens (tertiary/aromatic N) is 2. The van der Waals surface area contributed by atoms with Gasteiger partial charge in [0.25, 0.3) is 5.91 Å². The van der Waals surface area contributed by atoms with Gasteiger partial charge in [-0.05, 0) is 36.5 Å². The summed E-state index contributed by atoms with van der Waals surface area (Å²) in [7, 11) is -3.46. The number of amides is 1. The topological polar surface area (TPSA) is 62.1 Å². The third kappa shape index (κ3) is 5.80. The van der Waals surface area contributed by atoms with Gasteiger partial charge in [-0.15, -0.1) is 0 Å². The molecule has 162 valence electrons. The van der Waals surface area contributed by atoms with Crippen LogP contribution in [-0.4, -0.2) is 69.3 Å². The number of benzene rings is 1. The van der Waals surface area contributed by atoms with Crippen molar-refractivity contribution in [2.45, 2.75) is 56.8 Å². The first-order chi connectivity index (χ1) is 13.9. The van der Waals surface area contributed by atoms with Crippen LogP contribution in [0.4, 0.5) is 0 Å². The lowest BCUT2D eigenvalue weighted by Gasteiger charge is -2.33. The van der Waals surface area contributed by atoms with Crippen molar-refractivity contribution in [3.05, 3.63) is 29.8 Å². The first-order valence-corrected chi connectivity index (χ1v) is 12.5. The fourth-order valence-electron chi connectivity index (χ4n) is 4.22. The highest BCUT2D eigenvalue weighted by Gasteiger charge is 2.32. The highest BCUT2D eigenvalue weighted by atomic mass is 32.2. The number of hydrogen-bond acceptors (Lipinski definition) is 3. The largest absolute Gasteiger partial charge is 0.338 e. The Balaban J connectivity index is 1.53. The zero-order chi connectivity index (χ0) is 20.9. The molecule has 0 bridgehead atoms. The van der Waals surface area contributed by atoms with Gasteiger partial charge in [0.1, 0.15) is 0 Å². The maximum Gasteiger partial charge on any atom is 0.277 e. The van der Waals surface area contributed by atoms with Gasteiger partial charge in [-0.25, -0.2) is 8.42 Å². The number of rotatable bonds is 5. The lowest BCUT2D eigenvalue weighted by atomic mass is 10.0. The minimum atomic E-state index is -3.46. The smallest absolute Gasteiger partial charge is 0.277 e. The van der Waals surface area contributed by atoms with Gasteiger partial charge in [0, 0.05) is 13.1 Å². The van der Waals surface area contributed by atoms with E-state index in [0.29, 0.717) is 43.5 Å². The lowest BCUT2D eigenvalue weighted by Crippen LogP contribution is -3.15. The van der Waals surface area contributed by atoms with Crippen molar-refractivity contribution in [3.63, 3.8) is 0 Å². The van der Waals surface area contributed by atoms with Crippen molar-refractivity contribution in [1.29, 1.82) is 0 Å². The van der Waals surface area contributed by atoms with Crippen molar-refractivity contribution >= 4 is 15.9 Å². The van der Waals surface area contributed by atoms with E-state index in [1.165, 1.54) is 24.2 Å². The van der Waals surface area contributed by atoms with Gasteiger partial charge in [-0.1, -0.05) is 45.2 Å². The first kappa shape index (κ1) is 22.2. The predicted molar refractivity (Wildman–Crippen MR) is 115 cm³/mol. The van der Waals surface area contributed by atoms with Crippen LogP contribution in [-0.2, 0) is 14.8 Å². The molecule has 0 aromatic heterocycles. The SMILES string of the molecule is CC(C)c1ccc(S(=O)(=O)N2CC[NH+](CC(=O)N3CCCCCCC3)CC2)cc1. The van der Waals surface area contributed by atoms with E-state index in [1.807, 2.05) is 17.0 Å². The monoisotopic (exact) mass is 422 g/mol. The van der Waals surface area contributed by atoms with E-state index in [-0.39, 0.29) is 5.91 Å². The minimum Gasteiger partial charge on any atom is -0.338 e. The summed E-state index contributed by atoms with van der Waals surface area (Å²) in [4.78, 5) is 16.3. The van der Waals surface area contributed by atoms with E-state index in [2.05, 4.69) is 13.8 Å². The average Bonchev–Trinajstić information content (AvgIpc) is 2.68. The Kier molecular flexibility index (Phi) is 7.71. The van der Waals surface area contributed by atoms with Crippen molar-refractivity contribution in [3.8, 4) is 0 Å². The second-order valence-electron chi connectivity index (χ2n) is 8.70. The molecule has 1 aromatic rings. The Bertz CT molecular complexity index is 761. The van der Waals surface area contributed by atoms with Gasteiger partial charge in [-0.3, -0.25) is 4.79 Å². The fraction of sp³-hybridized carbons (Fsp3) is 0.682. The summed E-state index contributed by atoms with van der Waals surface area (Å²) in [5.74, 6) is 0.604. The molecular formula is C22H36N3O3S+. The number of carbonyl (C=O) groups is 1. The molecule has 29 heavy (non-hydrogen) atoms. The molecule has 6 nitrogen and oxygen atoms in total. The third-order valence-corrected chi connectivity index (χ3v) is 8.14. The summed E-state index contributed by atoms with van der Waals surface area (Å²) >= 11 is 0. The second kappa shape index (κ2) is 10.0. The molecule has 0 saturated carbocycles. The normalized spacial score (nSPS) is 20.4. The van der Waals surface area contributed by atoms with Gasteiger partial charge in [-0.2, -0.15) is 4.31 Å². The van der Waals surface area contributed by atoms with Crippen LogP contribution >= 0.6 is 0 Å². The van der Waals surface area contributed by atoms with E-state index in [1.54, 1.807) is 16.4 Å². The molecule has 7 heteroatoms. The molecule has 1 aromatic carbocycles. The Morgan fingerprint density at radius 3 is 2.03 bits per heavy atom. The van der Waals surface area contributed by atoms with Crippen LogP contribution in [0.1, 0.15) is 57.4 Å². The molecule has 0 atom stereocenters. The number of quaternary nitrogens is 1. The summed E-state index contributed by atoms with van der Waals surface area (Å²) in [6.07, 6.45) is 5.91. The second-order valence-corrected chi connectivity index (χ2v) is 10.6. The molecule has 3 rings (SSSR count). The predicted octanol–water partition coefficient (Wildman–Crippen LogP) is 1.49. The summed E-state index contributed by atoms with van der Waals surface area (Å²) in [5.41, 5.74) is 1.14. The Morgan fingerprint density at radius 2 is 1.48 bits per heavy atom. The molecular weight excluding hydrogens is 386 g/mol. The molecule has 0 spiro atoms. The van der Waals surface area contributed by atoms with Gasteiger partial charge >= 0.3 is 0 Å². The first-order valence-electron chi connectivity index (χ1n) is 11.1. The van der Waals surface area contributed by atoms with E-state index in [0.717, 1.165) is 31.5 Å². The van der Waals surface area contributed by atoms with Crippen LogP contribution in [0.25, 0.3) is 0 Å². The molecule has 2 aliphatic heterocycles. The van der Waals surface area contributed by atoms with Crippen LogP contribution in [0.3, 0.4) is 0 Å². The number of sulfonamides is 1. The molecule has 0 radical (unpaired) electrons. The summed E-state index contributed by atoms with van der Waals surface area (Å²) in [6, 6.07) is 7.24. The quantitative estimate of drug-likeness (QED) is 0.782. The maximum absolute atomic E-state index is 13.0. The van der Waals surface area contributed by atoms with Crippen molar-refractivity contribution < 1.29 is 18.1 Å². The number of likely N-dealkylation sites (tertiary alicyclic amines) is 1. The molecule has 0 unspecified atom stereocenters. The van der Waals surface area contributed by atoms with Crippen LogP contribution < -0.4 is 4.90 Å². The molecule has 1 N–H and O–H groups in total. The fourth-order valence-corrected chi connectivity index (χ4v) is 5.66. The number of hydrogen-bond donors (Lipinski definition) is 1. The lowest BCUT2D eigenvalue weighted by molar-refractivity contribution is -0.896. The van der Waals surface area contributed by atoms with Crippen LogP contribution in [0.5, 0.6) is 0 Å². The molecule has 0 aliphatic carbocycles. The summed E-state index contributed by atoms with van der Waals surface area (Å²) in [5, 5.41) is 0. The average molecular weight is 423 g/mol. The van der Waals surface area contributed by atoms with Gasteiger partial charge < -0.3 is 9.80 Å².